The van der Waals surface area contributed by atoms with Gasteiger partial charge in [-0.2, -0.15) is 0 Å². The zero-order chi connectivity index (χ0) is 14.6. The first kappa shape index (κ1) is 15.3. The molecule has 0 spiro atoms. The number of nitrogens with zero attached hydrogens (tertiary/aromatic N) is 1. The molecule has 2 rings (SSSR count). The lowest BCUT2D eigenvalue weighted by Gasteiger charge is -2.18. The van der Waals surface area contributed by atoms with Crippen molar-refractivity contribution in [2.75, 3.05) is 32.5 Å². The molecule has 1 aromatic carbocycles. The van der Waals surface area contributed by atoms with E-state index in [1.807, 2.05) is 6.07 Å². The summed E-state index contributed by atoms with van der Waals surface area (Å²) in [7, 11) is 0.193. The van der Waals surface area contributed by atoms with E-state index in [2.05, 4.69) is 22.0 Å². The van der Waals surface area contributed by atoms with Gasteiger partial charge in [0.25, 0.3) is 0 Å². The molecule has 1 heterocycles. The predicted molar refractivity (Wildman–Crippen MR) is 81.4 cm³/mol. The third-order valence-corrected chi connectivity index (χ3v) is 5.15. The van der Waals surface area contributed by atoms with Crippen molar-refractivity contribution in [2.24, 2.45) is 0 Å². The molecule has 1 aliphatic heterocycles. The number of nitrogens with one attached hydrogen (secondary N) is 2. The van der Waals surface area contributed by atoms with Crippen LogP contribution in [0.1, 0.15) is 19.3 Å². The van der Waals surface area contributed by atoms with Crippen LogP contribution in [0.2, 0.25) is 0 Å². The molecular formula is C14H23N3O2S. The third kappa shape index (κ3) is 3.94. The average Bonchev–Trinajstić information content (AvgIpc) is 2.64. The highest BCUT2D eigenvalue weighted by molar-refractivity contribution is 7.89. The summed E-state index contributed by atoms with van der Waals surface area (Å²) < 4.78 is 25.9. The molecule has 0 amide bonds. The van der Waals surface area contributed by atoms with Crippen molar-refractivity contribution < 1.29 is 8.42 Å². The Hall–Kier alpha value is -1.11. The number of benzene rings is 1. The summed E-state index contributed by atoms with van der Waals surface area (Å²) in [5.74, 6) is 0. The number of hydrogen-bond donors (Lipinski definition) is 2. The molecule has 1 unspecified atom stereocenters. The van der Waals surface area contributed by atoms with Gasteiger partial charge in [-0.25, -0.2) is 13.1 Å². The van der Waals surface area contributed by atoms with Gasteiger partial charge in [-0.05, 0) is 64.6 Å². The van der Waals surface area contributed by atoms with Crippen LogP contribution in [0.15, 0.2) is 29.2 Å². The molecule has 1 aromatic rings. The van der Waals surface area contributed by atoms with Crippen molar-refractivity contribution in [3.8, 4) is 0 Å². The molecule has 1 atom stereocenters. The smallest absolute Gasteiger partial charge is 0.240 e. The molecule has 0 saturated carbocycles. The topological polar surface area (TPSA) is 61.4 Å². The van der Waals surface area contributed by atoms with Gasteiger partial charge in [0, 0.05) is 11.7 Å². The molecule has 1 fully saturated rings. The van der Waals surface area contributed by atoms with E-state index < -0.39 is 10.0 Å². The highest BCUT2D eigenvalue weighted by Gasteiger charge is 2.16. The van der Waals surface area contributed by atoms with Gasteiger partial charge >= 0.3 is 0 Å². The van der Waals surface area contributed by atoms with Gasteiger partial charge in [-0.3, -0.25) is 0 Å². The van der Waals surface area contributed by atoms with Crippen LogP contribution < -0.4 is 10.0 Å². The van der Waals surface area contributed by atoms with Gasteiger partial charge < -0.3 is 10.2 Å². The molecule has 1 aliphatic rings. The Morgan fingerprint density at radius 2 is 2.05 bits per heavy atom. The van der Waals surface area contributed by atoms with Crippen LogP contribution >= 0.6 is 0 Å². The van der Waals surface area contributed by atoms with E-state index >= 15 is 0 Å². The van der Waals surface area contributed by atoms with E-state index in [0.29, 0.717) is 10.9 Å². The molecule has 0 aromatic heterocycles. The van der Waals surface area contributed by atoms with Gasteiger partial charge in [0.2, 0.25) is 10.0 Å². The maximum atomic E-state index is 11.8. The number of sulfonamides is 1. The van der Waals surface area contributed by atoms with Crippen molar-refractivity contribution in [1.29, 1.82) is 0 Å². The van der Waals surface area contributed by atoms with Gasteiger partial charge in [0.1, 0.15) is 0 Å². The molecule has 0 aliphatic carbocycles. The Kier molecular flexibility index (Phi) is 5.01. The third-order valence-electron chi connectivity index (χ3n) is 3.74. The average molecular weight is 297 g/mol. The maximum Gasteiger partial charge on any atom is 0.240 e. The van der Waals surface area contributed by atoms with E-state index in [1.54, 1.807) is 18.2 Å². The molecule has 1 saturated heterocycles. The van der Waals surface area contributed by atoms with Crippen LogP contribution in [0.25, 0.3) is 0 Å². The Labute approximate surface area is 121 Å². The van der Waals surface area contributed by atoms with Crippen molar-refractivity contribution >= 4 is 15.7 Å². The molecule has 0 bridgehead atoms. The normalized spacial score (nSPS) is 21.4. The highest BCUT2D eigenvalue weighted by atomic mass is 32.2. The Balaban J connectivity index is 2.08. The zero-order valence-corrected chi connectivity index (χ0v) is 12.9. The van der Waals surface area contributed by atoms with Crippen molar-refractivity contribution in [3.05, 3.63) is 24.3 Å². The summed E-state index contributed by atoms with van der Waals surface area (Å²) >= 11 is 0. The first-order valence-electron chi connectivity index (χ1n) is 7.00. The number of likely N-dealkylation sites (tertiary alicyclic amines) is 1. The lowest BCUT2D eigenvalue weighted by Crippen LogP contribution is -2.23. The second kappa shape index (κ2) is 6.56. The second-order valence-corrected chi connectivity index (χ2v) is 7.20. The molecule has 20 heavy (non-hydrogen) atoms. The van der Waals surface area contributed by atoms with E-state index in [-0.39, 0.29) is 0 Å². The fourth-order valence-corrected chi connectivity index (χ4v) is 3.27. The standard InChI is InChI=1S/C14H23N3O2S/c1-15-20(18,19)14-7-3-5-13(11-14)16-12-6-4-9-17(2)10-8-12/h3,5,7,11-12,15-16H,4,6,8-10H2,1-2H3. The monoisotopic (exact) mass is 297 g/mol. The summed E-state index contributed by atoms with van der Waals surface area (Å²) in [6.07, 6.45) is 3.37. The van der Waals surface area contributed by atoms with Gasteiger partial charge in [-0.1, -0.05) is 6.07 Å². The lowest BCUT2D eigenvalue weighted by atomic mass is 10.1. The Bertz CT molecular complexity index is 545. The van der Waals surface area contributed by atoms with Crippen molar-refractivity contribution in [3.63, 3.8) is 0 Å². The minimum Gasteiger partial charge on any atom is -0.382 e. The largest absolute Gasteiger partial charge is 0.382 e. The van der Waals surface area contributed by atoms with Crippen molar-refractivity contribution in [1.82, 2.24) is 9.62 Å². The van der Waals surface area contributed by atoms with Gasteiger partial charge in [-0.15, -0.1) is 0 Å². The summed E-state index contributed by atoms with van der Waals surface area (Å²) in [6.45, 7) is 2.21. The molecule has 5 nitrogen and oxygen atoms in total. The van der Waals surface area contributed by atoms with E-state index in [4.69, 9.17) is 0 Å². The Morgan fingerprint density at radius 1 is 1.25 bits per heavy atom. The molecule has 2 N–H and O–H groups in total. The molecule has 6 heteroatoms. The first-order valence-corrected chi connectivity index (χ1v) is 8.48. The van der Waals surface area contributed by atoms with Gasteiger partial charge in [0.05, 0.1) is 4.90 Å². The molecular weight excluding hydrogens is 274 g/mol. The Morgan fingerprint density at radius 3 is 2.80 bits per heavy atom. The van der Waals surface area contributed by atoms with E-state index in [0.717, 1.165) is 31.6 Å². The van der Waals surface area contributed by atoms with Gasteiger partial charge in [0.15, 0.2) is 0 Å². The fraction of sp³-hybridized carbons (Fsp3) is 0.571. The molecule has 112 valence electrons. The van der Waals surface area contributed by atoms with Crippen molar-refractivity contribution in [2.45, 2.75) is 30.2 Å². The number of rotatable bonds is 4. The quantitative estimate of drug-likeness (QED) is 0.884. The summed E-state index contributed by atoms with van der Waals surface area (Å²) in [4.78, 5) is 2.64. The van der Waals surface area contributed by atoms with Crippen LogP contribution in [0.4, 0.5) is 5.69 Å². The van der Waals surface area contributed by atoms with Crippen LogP contribution in [0.3, 0.4) is 0 Å². The second-order valence-electron chi connectivity index (χ2n) is 5.31. The fourth-order valence-electron chi connectivity index (χ4n) is 2.49. The number of anilines is 1. The van der Waals surface area contributed by atoms with Crippen LogP contribution in [0, 0.1) is 0 Å². The number of hydrogen-bond acceptors (Lipinski definition) is 4. The lowest BCUT2D eigenvalue weighted by molar-refractivity contribution is 0.348. The van der Waals surface area contributed by atoms with Crippen LogP contribution in [0.5, 0.6) is 0 Å². The predicted octanol–water partition coefficient (Wildman–Crippen LogP) is 1.49. The summed E-state index contributed by atoms with van der Waals surface area (Å²) in [5.41, 5.74) is 0.871. The summed E-state index contributed by atoms with van der Waals surface area (Å²) in [6, 6.07) is 7.41. The highest BCUT2D eigenvalue weighted by Crippen LogP contribution is 2.19. The maximum absolute atomic E-state index is 11.8. The summed E-state index contributed by atoms with van der Waals surface area (Å²) in [5, 5.41) is 3.46. The van der Waals surface area contributed by atoms with E-state index in [1.165, 1.54) is 13.5 Å². The molecule has 0 radical (unpaired) electrons. The minimum absolute atomic E-state index is 0.302. The van der Waals surface area contributed by atoms with Crippen LogP contribution in [-0.4, -0.2) is 46.5 Å². The first-order chi connectivity index (χ1) is 9.51. The zero-order valence-electron chi connectivity index (χ0n) is 12.1. The van der Waals surface area contributed by atoms with E-state index in [9.17, 15) is 8.42 Å². The van der Waals surface area contributed by atoms with Crippen LogP contribution in [-0.2, 0) is 10.0 Å². The minimum atomic E-state index is -3.38. The SMILES string of the molecule is CNS(=O)(=O)c1cccc(NC2CCCN(C)CC2)c1.